The lowest BCUT2D eigenvalue weighted by molar-refractivity contribution is 0.0977. The normalized spacial score (nSPS) is 10.3. The van der Waals surface area contributed by atoms with Crippen molar-refractivity contribution in [2.24, 2.45) is 0 Å². The largest absolute Gasteiger partial charge is 0.308 e. The maximum absolute atomic E-state index is 12.1. The number of thiazole rings is 1. The molecule has 1 amide bonds. The van der Waals surface area contributed by atoms with Crippen LogP contribution in [0.3, 0.4) is 0 Å². The molecule has 0 radical (unpaired) electrons. The van der Waals surface area contributed by atoms with E-state index in [1.807, 2.05) is 23.6 Å². The van der Waals surface area contributed by atoms with Crippen LogP contribution in [0.5, 0.6) is 0 Å². The number of thiocarbonyl (C=S) groups is 1. The second-order valence-electron chi connectivity index (χ2n) is 5.36. The highest BCUT2D eigenvalue weighted by atomic mass is 32.1. The van der Waals surface area contributed by atoms with Crippen molar-refractivity contribution < 1.29 is 4.79 Å². The molecule has 0 atom stereocenters. The van der Waals surface area contributed by atoms with Crippen molar-refractivity contribution >= 4 is 39.7 Å². The van der Waals surface area contributed by atoms with Gasteiger partial charge >= 0.3 is 0 Å². The van der Waals surface area contributed by atoms with Crippen molar-refractivity contribution in [2.75, 3.05) is 5.32 Å². The second kappa shape index (κ2) is 8.00. The van der Waals surface area contributed by atoms with Gasteiger partial charge in [0.2, 0.25) is 0 Å². The van der Waals surface area contributed by atoms with E-state index in [1.165, 1.54) is 16.9 Å². The number of benzene rings is 2. The molecule has 4 nitrogen and oxygen atoms in total. The summed E-state index contributed by atoms with van der Waals surface area (Å²) < 4.78 is 0. The van der Waals surface area contributed by atoms with Crippen LogP contribution in [-0.2, 0) is 6.42 Å². The summed E-state index contributed by atoms with van der Waals surface area (Å²) >= 11 is 6.64. The molecule has 2 aromatic carbocycles. The van der Waals surface area contributed by atoms with Gasteiger partial charge in [-0.05, 0) is 36.3 Å². The summed E-state index contributed by atoms with van der Waals surface area (Å²) in [5.74, 6) is -0.245. The molecule has 1 aromatic heterocycles. The van der Waals surface area contributed by atoms with E-state index in [-0.39, 0.29) is 11.0 Å². The number of carbonyl (C=O) groups excluding carboxylic acids is 1. The van der Waals surface area contributed by atoms with Crippen molar-refractivity contribution in [1.82, 2.24) is 10.3 Å². The highest BCUT2D eigenvalue weighted by Crippen LogP contribution is 2.25. The van der Waals surface area contributed by atoms with Gasteiger partial charge in [0, 0.05) is 16.5 Å². The second-order valence-corrected chi connectivity index (χ2v) is 6.63. The van der Waals surface area contributed by atoms with Gasteiger partial charge in [-0.3, -0.25) is 10.1 Å². The summed E-state index contributed by atoms with van der Waals surface area (Å²) in [5, 5.41) is 8.46. The van der Waals surface area contributed by atoms with Crippen LogP contribution in [0.2, 0.25) is 0 Å². The third-order valence-electron chi connectivity index (χ3n) is 3.65. The lowest BCUT2D eigenvalue weighted by Crippen LogP contribution is -2.34. The lowest BCUT2D eigenvalue weighted by Gasteiger charge is -2.07. The van der Waals surface area contributed by atoms with Gasteiger partial charge in [-0.25, -0.2) is 4.98 Å². The molecule has 126 valence electrons. The molecule has 25 heavy (non-hydrogen) atoms. The Bertz CT molecular complexity index is 873. The van der Waals surface area contributed by atoms with Crippen LogP contribution in [0.1, 0.15) is 22.8 Å². The van der Waals surface area contributed by atoms with E-state index in [9.17, 15) is 4.79 Å². The molecule has 0 fully saturated rings. The van der Waals surface area contributed by atoms with E-state index in [0.717, 1.165) is 17.7 Å². The first-order valence-electron chi connectivity index (χ1n) is 7.88. The molecule has 0 aliphatic carbocycles. The fraction of sp³-hybridized carbons (Fsp3) is 0.105. The van der Waals surface area contributed by atoms with Crippen LogP contribution >= 0.6 is 23.6 Å². The zero-order chi connectivity index (χ0) is 17.6. The molecule has 0 unspecified atom stereocenters. The lowest BCUT2D eigenvalue weighted by atomic mass is 10.1. The minimum atomic E-state index is -0.245. The van der Waals surface area contributed by atoms with Crippen LogP contribution in [0.15, 0.2) is 60.0 Å². The first-order chi connectivity index (χ1) is 12.2. The Labute approximate surface area is 155 Å². The number of aryl methyl sites for hydroxylation is 1. The zero-order valence-corrected chi connectivity index (χ0v) is 15.3. The number of hydrogen-bond donors (Lipinski definition) is 2. The molecule has 3 rings (SSSR count). The van der Waals surface area contributed by atoms with E-state index in [1.54, 1.807) is 12.1 Å². The van der Waals surface area contributed by atoms with E-state index in [4.69, 9.17) is 12.2 Å². The van der Waals surface area contributed by atoms with Gasteiger partial charge in [0.1, 0.15) is 0 Å². The zero-order valence-electron chi connectivity index (χ0n) is 13.7. The highest BCUT2D eigenvalue weighted by molar-refractivity contribution is 7.80. The van der Waals surface area contributed by atoms with E-state index in [2.05, 4.69) is 46.8 Å². The average molecular weight is 367 g/mol. The average Bonchev–Trinajstić information content (AvgIpc) is 3.10. The molecule has 0 saturated heterocycles. The van der Waals surface area contributed by atoms with E-state index in [0.29, 0.717) is 10.7 Å². The summed E-state index contributed by atoms with van der Waals surface area (Å²) in [4.78, 5) is 16.6. The SMILES string of the molecule is CCc1ccc(-c2csc(NC(=S)NC(=O)c3ccccc3)n2)cc1. The van der Waals surface area contributed by atoms with Gasteiger partial charge in [0.05, 0.1) is 5.69 Å². The Kier molecular flexibility index (Phi) is 5.53. The minimum Gasteiger partial charge on any atom is -0.308 e. The van der Waals surface area contributed by atoms with Crippen molar-refractivity contribution in [3.05, 3.63) is 71.1 Å². The predicted molar refractivity (Wildman–Crippen MR) is 107 cm³/mol. The molecular weight excluding hydrogens is 350 g/mol. The molecule has 3 aromatic rings. The Balaban J connectivity index is 1.62. The van der Waals surface area contributed by atoms with Crippen molar-refractivity contribution in [1.29, 1.82) is 0 Å². The van der Waals surface area contributed by atoms with Crippen LogP contribution in [-0.4, -0.2) is 16.0 Å². The van der Waals surface area contributed by atoms with Crippen molar-refractivity contribution in [2.45, 2.75) is 13.3 Å². The minimum absolute atomic E-state index is 0.232. The number of nitrogens with zero attached hydrogens (tertiary/aromatic N) is 1. The maximum Gasteiger partial charge on any atom is 0.257 e. The summed E-state index contributed by atoms with van der Waals surface area (Å²) in [6, 6.07) is 17.3. The van der Waals surface area contributed by atoms with Crippen LogP contribution in [0.25, 0.3) is 11.3 Å². The first-order valence-corrected chi connectivity index (χ1v) is 9.16. The third-order valence-corrected chi connectivity index (χ3v) is 4.61. The molecule has 2 N–H and O–H groups in total. The van der Waals surface area contributed by atoms with E-state index < -0.39 is 0 Å². The summed E-state index contributed by atoms with van der Waals surface area (Å²) in [6.07, 6.45) is 1.01. The third kappa shape index (κ3) is 4.49. The monoisotopic (exact) mass is 367 g/mol. The Hall–Kier alpha value is -2.57. The quantitative estimate of drug-likeness (QED) is 0.667. The van der Waals surface area contributed by atoms with Crippen LogP contribution in [0.4, 0.5) is 5.13 Å². The summed E-state index contributed by atoms with van der Waals surface area (Å²) in [6.45, 7) is 2.13. The van der Waals surface area contributed by atoms with Crippen LogP contribution in [0, 0.1) is 0 Å². The Morgan fingerprint density at radius 2 is 1.84 bits per heavy atom. The molecule has 1 heterocycles. The number of hydrogen-bond acceptors (Lipinski definition) is 4. The molecule has 0 spiro atoms. The molecule has 0 aliphatic rings. The molecule has 6 heteroatoms. The van der Waals surface area contributed by atoms with Gasteiger partial charge in [0.15, 0.2) is 10.2 Å². The fourth-order valence-corrected chi connectivity index (χ4v) is 3.25. The predicted octanol–water partition coefficient (Wildman–Crippen LogP) is 4.50. The van der Waals surface area contributed by atoms with E-state index >= 15 is 0 Å². The van der Waals surface area contributed by atoms with Gasteiger partial charge < -0.3 is 5.32 Å². The van der Waals surface area contributed by atoms with Crippen molar-refractivity contribution in [3.8, 4) is 11.3 Å². The number of rotatable bonds is 4. The Morgan fingerprint density at radius 1 is 1.12 bits per heavy atom. The number of carbonyl (C=O) groups is 1. The van der Waals surface area contributed by atoms with Crippen LogP contribution < -0.4 is 10.6 Å². The molecular formula is C19H17N3OS2. The summed E-state index contributed by atoms with van der Waals surface area (Å²) in [7, 11) is 0. The molecule has 0 saturated carbocycles. The standard InChI is InChI=1S/C19H17N3OS2/c1-2-13-8-10-14(11-9-13)16-12-25-19(20-16)22-18(24)21-17(23)15-6-4-3-5-7-15/h3-12H,2H2,1H3,(H2,20,21,22,23,24). The maximum atomic E-state index is 12.1. The smallest absolute Gasteiger partial charge is 0.257 e. The number of aromatic nitrogens is 1. The van der Waals surface area contributed by atoms with Crippen molar-refractivity contribution in [3.63, 3.8) is 0 Å². The van der Waals surface area contributed by atoms with Gasteiger partial charge in [0.25, 0.3) is 5.91 Å². The number of nitrogens with one attached hydrogen (secondary N) is 2. The Morgan fingerprint density at radius 3 is 2.52 bits per heavy atom. The van der Waals surface area contributed by atoms with Gasteiger partial charge in [-0.1, -0.05) is 49.4 Å². The highest BCUT2D eigenvalue weighted by Gasteiger charge is 2.10. The fourth-order valence-electron chi connectivity index (χ4n) is 2.27. The van der Waals surface area contributed by atoms with Gasteiger partial charge in [-0.2, -0.15) is 0 Å². The summed E-state index contributed by atoms with van der Waals surface area (Å²) in [5.41, 5.74) is 3.79. The first kappa shape index (κ1) is 17.3. The van der Waals surface area contributed by atoms with Gasteiger partial charge in [-0.15, -0.1) is 11.3 Å². The topological polar surface area (TPSA) is 54.0 Å². The molecule has 0 aliphatic heterocycles. The molecule has 0 bridgehead atoms. The number of anilines is 1. The number of amides is 1.